The number of halogens is 1. The quantitative estimate of drug-likeness (QED) is 0.624. The molecule has 2 aromatic carbocycles. The molecule has 3 aromatic rings. The summed E-state index contributed by atoms with van der Waals surface area (Å²) in [4.78, 5) is 29.1. The van der Waals surface area contributed by atoms with Crippen molar-refractivity contribution in [2.24, 2.45) is 0 Å². The van der Waals surface area contributed by atoms with Crippen molar-refractivity contribution in [2.75, 3.05) is 10.6 Å². The van der Waals surface area contributed by atoms with E-state index in [1.54, 1.807) is 48.5 Å². The van der Waals surface area contributed by atoms with E-state index in [-0.39, 0.29) is 18.9 Å². The predicted molar refractivity (Wildman–Crippen MR) is 113 cm³/mol. The molecule has 0 saturated carbocycles. The van der Waals surface area contributed by atoms with Gasteiger partial charge in [-0.15, -0.1) is 6.42 Å². The molecule has 2 N–H and O–H groups in total. The van der Waals surface area contributed by atoms with E-state index in [0.29, 0.717) is 27.7 Å². The molecule has 1 aromatic heterocycles. The number of aromatic nitrogens is 1. The summed E-state index contributed by atoms with van der Waals surface area (Å²) in [7, 11) is 0. The molecule has 0 unspecified atom stereocenters. The lowest BCUT2D eigenvalue weighted by molar-refractivity contribution is 0.102. The molecular formula is C22H18ClN3O2. The number of anilines is 2. The first-order valence-corrected chi connectivity index (χ1v) is 8.34. The molecule has 0 bridgehead atoms. The maximum Gasteiger partial charge on any atom is 0.258 e. The Hall–Kier alpha value is -3.62. The van der Waals surface area contributed by atoms with Crippen molar-refractivity contribution < 1.29 is 9.59 Å². The minimum atomic E-state index is -0.457. The van der Waals surface area contributed by atoms with Crippen LogP contribution in [0, 0.1) is 12.3 Å². The Kier molecular flexibility index (Phi) is 6.91. The molecular weight excluding hydrogens is 374 g/mol. The van der Waals surface area contributed by atoms with Crippen LogP contribution in [0.2, 0.25) is 5.02 Å². The van der Waals surface area contributed by atoms with Gasteiger partial charge in [0.2, 0.25) is 0 Å². The number of hydrogen-bond donors (Lipinski definition) is 2. The van der Waals surface area contributed by atoms with E-state index in [9.17, 15) is 9.59 Å². The number of terminal acetylenes is 1. The van der Waals surface area contributed by atoms with Crippen LogP contribution in [0.5, 0.6) is 0 Å². The minimum Gasteiger partial charge on any atom is -0.321 e. The summed E-state index contributed by atoms with van der Waals surface area (Å²) in [5, 5.41) is 5.76. The summed E-state index contributed by atoms with van der Waals surface area (Å²) in [5.74, 6) is 2.00. The SMILES string of the molecule is C.C#Cc1ccc(NC(=O)c2cc(Cl)ccc2NC(=O)c2ccccc2)nc1. The lowest BCUT2D eigenvalue weighted by Crippen LogP contribution is -2.18. The van der Waals surface area contributed by atoms with Gasteiger partial charge in [-0.2, -0.15) is 0 Å². The Morgan fingerprint density at radius 2 is 1.71 bits per heavy atom. The minimum absolute atomic E-state index is 0. The van der Waals surface area contributed by atoms with Crippen molar-refractivity contribution in [2.45, 2.75) is 7.43 Å². The van der Waals surface area contributed by atoms with Crippen LogP contribution in [0.3, 0.4) is 0 Å². The highest BCUT2D eigenvalue weighted by Gasteiger charge is 2.16. The van der Waals surface area contributed by atoms with Crippen LogP contribution in [0.4, 0.5) is 11.5 Å². The van der Waals surface area contributed by atoms with Crippen LogP contribution in [0.25, 0.3) is 0 Å². The first-order valence-electron chi connectivity index (χ1n) is 7.97. The number of amides is 2. The predicted octanol–water partition coefficient (Wildman–Crippen LogP) is 4.86. The molecule has 6 heteroatoms. The summed E-state index contributed by atoms with van der Waals surface area (Å²) in [6.45, 7) is 0. The van der Waals surface area contributed by atoms with Crippen molar-refractivity contribution in [3.63, 3.8) is 0 Å². The maximum absolute atomic E-state index is 12.7. The lowest BCUT2D eigenvalue weighted by Gasteiger charge is -2.12. The van der Waals surface area contributed by atoms with Gasteiger partial charge in [0.1, 0.15) is 5.82 Å². The van der Waals surface area contributed by atoms with E-state index in [0.717, 1.165) is 0 Å². The molecule has 140 valence electrons. The Morgan fingerprint density at radius 1 is 0.964 bits per heavy atom. The van der Waals surface area contributed by atoms with Crippen LogP contribution in [0.1, 0.15) is 33.7 Å². The van der Waals surface area contributed by atoms with Gasteiger partial charge in [-0.25, -0.2) is 4.98 Å². The molecule has 28 heavy (non-hydrogen) atoms. The summed E-state index contributed by atoms with van der Waals surface area (Å²) >= 11 is 6.03. The number of rotatable bonds is 4. The number of carbonyl (C=O) groups is 2. The number of hydrogen-bond acceptors (Lipinski definition) is 3. The standard InChI is InChI=1S/C21H14ClN3O2.CH4/c1-2-14-8-11-19(23-13-14)25-21(27)17-12-16(22)9-10-18(17)24-20(26)15-6-4-3-5-7-15;/h1,3-13H,(H,24,26)(H,23,25,27);1H4. The van der Waals surface area contributed by atoms with E-state index >= 15 is 0 Å². The zero-order valence-electron chi connectivity index (χ0n) is 14.1. The van der Waals surface area contributed by atoms with Gasteiger partial charge in [0, 0.05) is 22.3 Å². The van der Waals surface area contributed by atoms with Crippen LogP contribution < -0.4 is 10.6 Å². The number of benzene rings is 2. The van der Waals surface area contributed by atoms with Crippen molar-refractivity contribution in [1.29, 1.82) is 0 Å². The first kappa shape index (κ1) is 20.7. The fourth-order valence-electron chi connectivity index (χ4n) is 2.33. The monoisotopic (exact) mass is 391 g/mol. The Balaban J connectivity index is 0.00000280. The number of pyridine rings is 1. The smallest absolute Gasteiger partial charge is 0.258 e. The number of carbonyl (C=O) groups excluding carboxylic acids is 2. The van der Waals surface area contributed by atoms with Crippen LogP contribution in [0.15, 0.2) is 66.9 Å². The van der Waals surface area contributed by atoms with Crippen molar-refractivity contribution in [3.05, 3.63) is 88.6 Å². The third-order valence-electron chi connectivity index (χ3n) is 3.68. The molecule has 3 rings (SSSR count). The van der Waals surface area contributed by atoms with Gasteiger partial charge >= 0.3 is 0 Å². The molecule has 0 spiro atoms. The van der Waals surface area contributed by atoms with E-state index in [1.807, 2.05) is 6.07 Å². The highest BCUT2D eigenvalue weighted by molar-refractivity contribution is 6.31. The fraction of sp³-hybridized carbons (Fsp3) is 0.0455. The molecule has 0 radical (unpaired) electrons. The van der Waals surface area contributed by atoms with E-state index in [2.05, 4.69) is 21.5 Å². The summed E-state index contributed by atoms with van der Waals surface area (Å²) in [6.07, 6.45) is 6.77. The molecule has 1 heterocycles. The summed E-state index contributed by atoms with van der Waals surface area (Å²) < 4.78 is 0. The molecule has 0 saturated heterocycles. The highest BCUT2D eigenvalue weighted by atomic mass is 35.5. The first-order chi connectivity index (χ1) is 13.1. The number of nitrogens with one attached hydrogen (secondary N) is 2. The van der Waals surface area contributed by atoms with E-state index < -0.39 is 5.91 Å². The average Bonchev–Trinajstić information content (AvgIpc) is 2.70. The molecule has 0 fully saturated rings. The molecule has 0 aliphatic rings. The maximum atomic E-state index is 12.7. The Bertz CT molecular complexity index is 1030. The highest BCUT2D eigenvalue weighted by Crippen LogP contribution is 2.22. The van der Waals surface area contributed by atoms with Crippen molar-refractivity contribution >= 4 is 34.9 Å². The lowest BCUT2D eigenvalue weighted by atomic mass is 10.1. The third-order valence-corrected chi connectivity index (χ3v) is 3.92. The van der Waals surface area contributed by atoms with E-state index in [1.165, 1.54) is 12.3 Å². The van der Waals surface area contributed by atoms with Gasteiger partial charge in [-0.05, 0) is 42.5 Å². The molecule has 5 nitrogen and oxygen atoms in total. The van der Waals surface area contributed by atoms with Crippen molar-refractivity contribution in [3.8, 4) is 12.3 Å². The van der Waals surface area contributed by atoms with Gasteiger partial charge in [-0.1, -0.05) is 43.1 Å². The van der Waals surface area contributed by atoms with Gasteiger partial charge in [-0.3, -0.25) is 9.59 Å². The van der Waals surface area contributed by atoms with Crippen molar-refractivity contribution in [1.82, 2.24) is 4.98 Å². The van der Waals surface area contributed by atoms with Crippen LogP contribution >= 0.6 is 11.6 Å². The van der Waals surface area contributed by atoms with Gasteiger partial charge in [0.15, 0.2) is 0 Å². The second kappa shape index (κ2) is 9.36. The zero-order chi connectivity index (χ0) is 19.2. The van der Waals surface area contributed by atoms with E-state index in [4.69, 9.17) is 18.0 Å². The van der Waals surface area contributed by atoms with Gasteiger partial charge in [0.25, 0.3) is 11.8 Å². The normalized spacial score (nSPS) is 9.57. The van der Waals surface area contributed by atoms with Crippen LogP contribution in [-0.2, 0) is 0 Å². The second-order valence-electron chi connectivity index (χ2n) is 5.54. The topological polar surface area (TPSA) is 71.1 Å². The molecule has 0 atom stereocenters. The Morgan fingerprint density at radius 3 is 2.36 bits per heavy atom. The molecule has 0 aliphatic heterocycles. The zero-order valence-corrected chi connectivity index (χ0v) is 14.8. The largest absolute Gasteiger partial charge is 0.321 e. The second-order valence-corrected chi connectivity index (χ2v) is 5.98. The van der Waals surface area contributed by atoms with Gasteiger partial charge in [0.05, 0.1) is 11.3 Å². The molecule has 2 amide bonds. The van der Waals surface area contributed by atoms with Gasteiger partial charge < -0.3 is 10.6 Å². The number of nitrogens with zero attached hydrogens (tertiary/aromatic N) is 1. The van der Waals surface area contributed by atoms with Crippen LogP contribution in [-0.4, -0.2) is 16.8 Å². The fourth-order valence-corrected chi connectivity index (χ4v) is 2.51. The molecule has 0 aliphatic carbocycles. The summed E-state index contributed by atoms with van der Waals surface area (Å²) in [6, 6.07) is 16.6. The third kappa shape index (κ3) is 4.97. The summed E-state index contributed by atoms with van der Waals surface area (Å²) in [5.41, 5.74) is 1.64. The average molecular weight is 392 g/mol. The Labute approximate surface area is 168 Å².